The Hall–Kier alpha value is -3.07. The maximum atomic E-state index is 12.2. The predicted octanol–water partition coefficient (Wildman–Crippen LogP) is -1.68. The SMILES string of the molecule is O=[N+]([O-])C(c1nnnn1N(F)F)([N+](=O)[O-])[N+](=O)[O-]. The number of tetrazole rings is 1. The average Bonchev–Trinajstić information content (AvgIpc) is 2.65. The summed E-state index contributed by atoms with van der Waals surface area (Å²) in [5, 5.41) is 39.0. The van der Waals surface area contributed by atoms with E-state index >= 15 is 0 Å². The molecule has 1 rings (SSSR count). The van der Waals surface area contributed by atoms with Crippen molar-refractivity contribution in [2.75, 3.05) is 5.45 Å². The maximum absolute atomic E-state index is 12.2. The fourth-order valence-electron chi connectivity index (χ4n) is 0.931. The second-order valence-corrected chi connectivity index (χ2v) is 2.51. The van der Waals surface area contributed by atoms with Crippen LogP contribution in [0.2, 0.25) is 0 Å². The van der Waals surface area contributed by atoms with Gasteiger partial charge in [0.2, 0.25) is 0 Å². The number of hydrogen-bond donors (Lipinski definition) is 0. The standard InChI is InChI=1S/C2F2N8O6/c3-12(4)8-1(5-6-7-8)2(9(13)14,10(15)16)11(17)18. The highest BCUT2D eigenvalue weighted by Crippen LogP contribution is 2.24. The van der Waals surface area contributed by atoms with Crippen molar-refractivity contribution in [1.82, 2.24) is 20.3 Å². The number of hydrogen-bond acceptors (Lipinski definition) is 10. The molecule has 0 radical (unpaired) electrons. The Morgan fingerprint density at radius 2 is 1.56 bits per heavy atom. The van der Waals surface area contributed by atoms with Crippen LogP contribution in [0.1, 0.15) is 5.82 Å². The Morgan fingerprint density at radius 1 is 1.11 bits per heavy atom. The molecule has 1 aromatic rings. The lowest BCUT2D eigenvalue weighted by Gasteiger charge is -2.07. The summed E-state index contributed by atoms with van der Waals surface area (Å²) in [4.78, 5) is 24.7. The molecule has 0 fully saturated rings. The molecule has 0 bridgehead atoms. The van der Waals surface area contributed by atoms with E-state index in [-0.39, 0.29) is 0 Å². The normalized spacial score (nSPS) is 11.0. The van der Waals surface area contributed by atoms with E-state index < -0.39 is 36.6 Å². The van der Waals surface area contributed by atoms with Crippen LogP contribution in [-0.2, 0) is 5.79 Å². The molecule has 0 spiro atoms. The molecule has 0 saturated carbocycles. The topological polar surface area (TPSA) is 176 Å². The fourth-order valence-corrected chi connectivity index (χ4v) is 0.931. The Bertz CT molecular complexity index is 475. The van der Waals surface area contributed by atoms with Crippen LogP contribution < -0.4 is 5.45 Å². The van der Waals surface area contributed by atoms with Gasteiger partial charge in [-0.05, 0) is 19.4 Å². The molecule has 0 aliphatic rings. The van der Waals surface area contributed by atoms with E-state index in [2.05, 4.69) is 15.5 Å². The molecule has 1 heterocycles. The minimum atomic E-state index is -4.33. The predicted molar refractivity (Wildman–Crippen MR) is 40.9 cm³/mol. The second kappa shape index (κ2) is 4.07. The number of rotatable bonds is 5. The summed E-state index contributed by atoms with van der Waals surface area (Å²) in [6, 6.07) is 0. The molecule has 0 unspecified atom stereocenters. The van der Waals surface area contributed by atoms with Crippen molar-refractivity contribution in [2.24, 2.45) is 0 Å². The van der Waals surface area contributed by atoms with E-state index in [0.29, 0.717) is 0 Å². The van der Waals surface area contributed by atoms with Gasteiger partial charge in [-0.2, -0.15) is 0 Å². The first-order valence-electron chi connectivity index (χ1n) is 3.60. The molecule has 0 aliphatic heterocycles. The van der Waals surface area contributed by atoms with Gasteiger partial charge in [-0.3, -0.25) is 30.3 Å². The van der Waals surface area contributed by atoms with Gasteiger partial charge in [-0.25, -0.2) is 0 Å². The Balaban J connectivity index is 3.63. The van der Waals surface area contributed by atoms with E-state index in [0.717, 1.165) is 0 Å². The van der Waals surface area contributed by atoms with Gasteiger partial charge in [0.1, 0.15) is 0 Å². The Morgan fingerprint density at radius 3 is 1.89 bits per heavy atom. The minimum absolute atomic E-state index is 0.839. The first-order chi connectivity index (χ1) is 8.26. The van der Waals surface area contributed by atoms with Gasteiger partial charge in [-0.1, -0.05) is 9.89 Å². The van der Waals surface area contributed by atoms with Crippen LogP contribution in [0, 0.1) is 30.3 Å². The highest BCUT2D eigenvalue weighted by molar-refractivity contribution is 4.88. The summed E-state index contributed by atoms with van der Waals surface area (Å²) in [6.07, 6.45) is 0. The molecule has 0 amide bonds. The van der Waals surface area contributed by atoms with Crippen LogP contribution in [0.4, 0.5) is 8.96 Å². The number of nitrogens with zero attached hydrogens (tertiary/aromatic N) is 8. The molecule has 98 valence electrons. The first kappa shape index (κ1) is 13.0. The van der Waals surface area contributed by atoms with Crippen LogP contribution in [0.3, 0.4) is 0 Å². The van der Waals surface area contributed by atoms with Crippen molar-refractivity contribution in [1.29, 1.82) is 0 Å². The van der Waals surface area contributed by atoms with Gasteiger partial charge in [0, 0.05) is 0 Å². The third-order valence-corrected chi connectivity index (χ3v) is 1.66. The number of nitro groups is 3. The highest BCUT2D eigenvalue weighted by Gasteiger charge is 2.78. The third kappa shape index (κ3) is 1.51. The monoisotopic (exact) mass is 270 g/mol. The summed E-state index contributed by atoms with van der Waals surface area (Å²) in [5.41, 5.74) is -1.99. The quantitative estimate of drug-likeness (QED) is 0.259. The molecule has 14 nitrogen and oxygen atoms in total. The lowest BCUT2D eigenvalue weighted by atomic mass is 10.3. The van der Waals surface area contributed by atoms with Gasteiger partial charge in [-0.15, -0.1) is 0 Å². The zero-order valence-corrected chi connectivity index (χ0v) is 7.78. The zero-order valence-electron chi connectivity index (χ0n) is 7.78. The summed E-state index contributed by atoms with van der Waals surface area (Å²) in [6.45, 7) is 0. The van der Waals surface area contributed by atoms with Crippen molar-refractivity contribution in [2.45, 2.75) is 5.79 Å². The largest absolute Gasteiger partial charge is 0.767 e. The molecule has 0 aliphatic carbocycles. The zero-order chi connectivity index (χ0) is 14.1. The van der Waals surface area contributed by atoms with Crippen LogP contribution in [0.25, 0.3) is 0 Å². The molecule has 16 heteroatoms. The smallest absolute Gasteiger partial charge is 0.252 e. The van der Waals surface area contributed by atoms with Gasteiger partial charge in [0.15, 0.2) is 14.8 Å². The number of aromatic nitrogens is 4. The minimum Gasteiger partial charge on any atom is -0.252 e. The summed E-state index contributed by atoms with van der Waals surface area (Å²) >= 11 is 0. The molecular weight excluding hydrogens is 270 g/mol. The van der Waals surface area contributed by atoms with E-state index in [4.69, 9.17) is 0 Å². The lowest BCUT2D eigenvalue weighted by Crippen LogP contribution is -2.53. The van der Waals surface area contributed by atoms with Crippen molar-refractivity contribution in [3.63, 3.8) is 0 Å². The third-order valence-electron chi connectivity index (χ3n) is 1.66. The average molecular weight is 270 g/mol. The summed E-state index contributed by atoms with van der Waals surface area (Å²) in [7, 11) is 0. The van der Waals surface area contributed by atoms with Crippen LogP contribution in [0.5, 0.6) is 0 Å². The van der Waals surface area contributed by atoms with Gasteiger partial charge in [0.05, 0.1) is 5.45 Å². The number of halogens is 2. The summed E-state index contributed by atoms with van der Waals surface area (Å²) < 4.78 is 24.3. The molecule has 0 N–H and O–H groups in total. The van der Waals surface area contributed by atoms with Gasteiger partial charge >= 0.3 is 11.6 Å². The second-order valence-electron chi connectivity index (χ2n) is 2.51. The van der Waals surface area contributed by atoms with E-state index in [1.165, 1.54) is 0 Å². The molecule has 0 atom stereocenters. The molecule has 0 saturated heterocycles. The van der Waals surface area contributed by atoms with E-state index in [9.17, 15) is 39.3 Å². The summed E-state index contributed by atoms with van der Waals surface area (Å²) in [5.74, 6) is -6.22. The first-order valence-corrected chi connectivity index (χ1v) is 3.60. The molecule has 18 heavy (non-hydrogen) atoms. The van der Waals surface area contributed by atoms with Crippen molar-refractivity contribution in [3.05, 3.63) is 36.2 Å². The van der Waals surface area contributed by atoms with E-state index in [1.807, 2.05) is 0 Å². The molecule has 0 aromatic carbocycles. The fraction of sp³-hybridized carbons (Fsp3) is 0.500. The van der Waals surface area contributed by atoms with Gasteiger partial charge < -0.3 is 0 Å². The van der Waals surface area contributed by atoms with Gasteiger partial charge in [0.25, 0.3) is 0 Å². The van der Waals surface area contributed by atoms with Crippen molar-refractivity contribution < 1.29 is 23.7 Å². The maximum Gasteiger partial charge on any atom is 0.767 e. The van der Waals surface area contributed by atoms with Crippen LogP contribution in [-0.4, -0.2) is 35.1 Å². The highest BCUT2D eigenvalue weighted by atomic mass is 19.4. The van der Waals surface area contributed by atoms with Crippen molar-refractivity contribution >= 4 is 0 Å². The Kier molecular flexibility index (Phi) is 2.94. The lowest BCUT2D eigenvalue weighted by molar-refractivity contribution is -0.987. The van der Waals surface area contributed by atoms with Crippen LogP contribution >= 0.6 is 0 Å². The molecule has 1 aromatic heterocycles. The molecular formula is C2F2N8O6. The Labute approximate surface area is 92.7 Å². The van der Waals surface area contributed by atoms with Crippen LogP contribution in [0.15, 0.2) is 0 Å². The van der Waals surface area contributed by atoms with E-state index in [1.54, 1.807) is 0 Å². The van der Waals surface area contributed by atoms with Crippen molar-refractivity contribution in [3.8, 4) is 0 Å².